The molecule has 2 heterocycles. The van der Waals surface area contributed by atoms with E-state index in [0.29, 0.717) is 24.9 Å². The fraction of sp³-hybridized carbons (Fsp3) is 0.625. The molecular formula is C16H22F2N2O2S. The molecule has 1 atom stereocenters. The molecule has 23 heavy (non-hydrogen) atoms. The van der Waals surface area contributed by atoms with Crippen molar-refractivity contribution < 1.29 is 17.2 Å². The number of likely N-dealkylation sites (tertiary alicyclic amines) is 1. The second-order valence-corrected chi connectivity index (χ2v) is 8.53. The summed E-state index contributed by atoms with van der Waals surface area (Å²) in [6, 6.07) is 2.57. The van der Waals surface area contributed by atoms with Gasteiger partial charge in [-0.15, -0.1) is 0 Å². The van der Waals surface area contributed by atoms with Gasteiger partial charge in [-0.3, -0.25) is 0 Å². The lowest BCUT2D eigenvalue weighted by Crippen LogP contribution is -2.35. The van der Waals surface area contributed by atoms with Gasteiger partial charge >= 0.3 is 0 Å². The third-order valence-corrected chi connectivity index (χ3v) is 7.01. The molecule has 2 aliphatic heterocycles. The van der Waals surface area contributed by atoms with Crippen molar-refractivity contribution in [3.05, 3.63) is 29.8 Å². The van der Waals surface area contributed by atoms with Gasteiger partial charge in [0.2, 0.25) is 10.0 Å². The minimum Gasteiger partial charge on any atom is -0.306 e. The molecule has 2 fully saturated rings. The van der Waals surface area contributed by atoms with E-state index in [1.165, 1.54) is 4.31 Å². The quantitative estimate of drug-likeness (QED) is 0.845. The van der Waals surface area contributed by atoms with Crippen molar-refractivity contribution in [1.29, 1.82) is 0 Å². The highest BCUT2D eigenvalue weighted by molar-refractivity contribution is 7.89. The van der Waals surface area contributed by atoms with Gasteiger partial charge in [-0.1, -0.05) is 0 Å². The number of rotatable bonds is 3. The highest BCUT2D eigenvalue weighted by Crippen LogP contribution is 2.34. The van der Waals surface area contributed by atoms with E-state index in [0.717, 1.165) is 50.6 Å². The van der Waals surface area contributed by atoms with E-state index in [2.05, 4.69) is 11.9 Å². The van der Waals surface area contributed by atoms with E-state index in [4.69, 9.17) is 0 Å². The van der Waals surface area contributed by atoms with E-state index < -0.39 is 26.6 Å². The first-order chi connectivity index (χ1) is 10.9. The highest BCUT2D eigenvalue weighted by atomic mass is 32.2. The number of halogens is 2. The smallest absolute Gasteiger partial charge is 0.246 e. The molecule has 2 saturated heterocycles. The van der Waals surface area contributed by atoms with E-state index in [1.807, 2.05) is 0 Å². The number of piperidine rings is 1. The summed E-state index contributed by atoms with van der Waals surface area (Å²) in [4.78, 5) is 1.73. The molecule has 0 radical (unpaired) electrons. The Labute approximate surface area is 136 Å². The van der Waals surface area contributed by atoms with Crippen molar-refractivity contribution >= 4 is 10.0 Å². The number of nitrogens with zero attached hydrogens (tertiary/aromatic N) is 2. The van der Waals surface area contributed by atoms with Crippen LogP contribution >= 0.6 is 0 Å². The second-order valence-electron chi connectivity index (χ2n) is 6.63. The zero-order valence-electron chi connectivity index (χ0n) is 13.2. The lowest BCUT2D eigenvalue weighted by atomic mass is 9.84. The van der Waals surface area contributed by atoms with Crippen molar-refractivity contribution in [2.45, 2.75) is 24.2 Å². The Bertz CT molecular complexity index is 673. The van der Waals surface area contributed by atoms with Crippen LogP contribution in [0, 0.1) is 23.5 Å². The van der Waals surface area contributed by atoms with Gasteiger partial charge in [-0.05, 0) is 69.4 Å². The number of sulfonamides is 1. The first kappa shape index (κ1) is 16.8. The summed E-state index contributed by atoms with van der Waals surface area (Å²) in [5.74, 6) is -0.802. The van der Waals surface area contributed by atoms with Crippen LogP contribution in [-0.2, 0) is 10.0 Å². The third kappa shape index (κ3) is 3.41. The Kier molecular flexibility index (Phi) is 4.71. The summed E-state index contributed by atoms with van der Waals surface area (Å²) in [7, 11) is -1.87. The molecule has 128 valence electrons. The topological polar surface area (TPSA) is 40.6 Å². The first-order valence-electron chi connectivity index (χ1n) is 8.01. The molecule has 1 aromatic rings. The molecule has 0 amide bonds. The van der Waals surface area contributed by atoms with Crippen molar-refractivity contribution in [3.63, 3.8) is 0 Å². The molecule has 3 rings (SSSR count). The van der Waals surface area contributed by atoms with Gasteiger partial charge < -0.3 is 4.90 Å². The van der Waals surface area contributed by atoms with Gasteiger partial charge in [-0.2, -0.15) is 4.31 Å². The third-order valence-electron chi connectivity index (χ3n) is 5.13. The van der Waals surface area contributed by atoms with E-state index in [9.17, 15) is 17.2 Å². The fourth-order valence-corrected chi connectivity index (χ4v) is 5.26. The summed E-state index contributed by atoms with van der Waals surface area (Å²) in [5, 5.41) is 0. The van der Waals surface area contributed by atoms with E-state index in [1.54, 1.807) is 0 Å². The SMILES string of the molecule is CN1CCC(C2CCN(S(=O)(=O)c3cc(F)ccc3F)C2)CC1. The zero-order valence-corrected chi connectivity index (χ0v) is 14.0. The van der Waals surface area contributed by atoms with Crippen LogP contribution in [0.25, 0.3) is 0 Å². The molecule has 4 nitrogen and oxygen atoms in total. The summed E-state index contributed by atoms with van der Waals surface area (Å²) in [6.45, 7) is 2.86. The maximum atomic E-state index is 13.8. The van der Waals surface area contributed by atoms with Crippen LogP contribution in [0.2, 0.25) is 0 Å². The highest BCUT2D eigenvalue weighted by Gasteiger charge is 2.38. The molecule has 7 heteroatoms. The molecule has 0 aliphatic carbocycles. The minimum absolute atomic E-state index is 0.315. The predicted octanol–water partition coefficient (Wildman–Crippen LogP) is 2.32. The summed E-state index contributed by atoms with van der Waals surface area (Å²) in [5.41, 5.74) is 0. The van der Waals surface area contributed by atoms with Crippen molar-refractivity contribution in [1.82, 2.24) is 9.21 Å². The van der Waals surface area contributed by atoms with Gasteiger partial charge in [0.15, 0.2) is 0 Å². The summed E-state index contributed by atoms with van der Waals surface area (Å²) >= 11 is 0. The van der Waals surface area contributed by atoms with Gasteiger partial charge in [-0.25, -0.2) is 17.2 Å². The van der Waals surface area contributed by atoms with Crippen LogP contribution in [0.3, 0.4) is 0 Å². The van der Waals surface area contributed by atoms with Crippen molar-refractivity contribution in [3.8, 4) is 0 Å². The zero-order chi connectivity index (χ0) is 16.6. The predicted molar refractivity (Wildman–Crippen MR) is 83.4 cm³/mol. The molecule has 1 unspecified atom stereocenters. The maximum Gasteiger partial charge on any atom is 0.246 e. The molecule has 0 saturated carbocycles. The van der Waals surface area contributed by atoms with Crippen LogP contribution in [0.5, 0.6) is 0 Å². The van der Waals surface area contributed by atoms with Gasteiger partial charge in [0.05, 0.1) is 0 Å². The number of hydrogen-bond acceptors (Lipinski definition) is 3. The molecule has 0 spiro atoms. The summed E-state index contributed by atoms with van der Waals surface area (Å²) in [6.07, 6.45) is 2.94. The lowest BCUT2D eigenvalue weighted by molar-refractivity contribution is 0.175. The average Bonchev–Trinajstić information content (AvgIpc) is 3.01. The monoisotopic (exact) mass is 344 g/mol. The Morgan fingerprint density at radius 3 is 2.39 bits per heavy atom. The van der Waals surface area contributed by atoms with Gasteiger partial charge in [0.1, 0.15) is 16.5 Å². The molecule has 1 aromatic carbocycles. The standard InChI is InChI=1S/C16H22F2N2O2S/c1-19-7-4-12(5-8-19)13-6-9-20(11-13)23(21,22)16-10-14(17)2-3-15(16)18/h2-3,10,12-13H,4-9,11H2,1H3. The maximum absolute atomic E-state index is 13.8. The number of benzene rings is 1. The van der Waals surface area contributed by atoms with E-state index in [-0.39, 0.29) is 0 Å². The van der Waals surface area contributed by atoms with Crippen LogP contribution in [0.1, 0.15) is 19.3 Å². The molecular weight excluding hydrogens is 322 g/mol. The average molecular weight is 344 g/mol. The van der Waals surface area contributed by atoms with Crippen LogP contribution < -0.4 is 0 Å². The minimum atomic E-state index is -3.97. The first-order valence-corrected chi connectivity index (χ1v) is 9.45. The Morgan fingerprint density at radius 1 is 1.04 bits per heavy atom. The van der Waals surface area contributed by atoms with E-state index >= 15 is 0 Å². The lowest BCUT2D eigenvalue weighted by Gasteiger charge is -2.32. The fourth-order valence-electron chi connectivity index (χ4n) is 3.67. The summed E-state index contributed by atoms with van der Waals surface area (Å²) < 4.78 is 53.7. The molecule has 0 bridgehead atoms. The molecule has 2 aliphatic rings. The van der Waals surface area contributed by atoms with Crippen LogP contribution in [-0.4, -0.2) is 50.8 Å². The van der Waals surface area contributed by atoms with Crippen molar-refractivity contribution in [2.75, 3.05) is 33.2 Å². The van der Waals surface area contributed by atoms with Crippen molar-refractivity contribution in [2.24, 2.45) is 11.8 Å². The van der Waals surface area contributed by atoms with Crippen LogP contribution in [0.15, 0.2) is 23.1 Å². The molecule has 0 aromatic heterocycles. The van der Waals surface area contributed by atoms with Crippen LogP contribution in [0.4, 0.5) is 8.78 Å². The second kappa shape index (κ2) is 6.45. The molecule has 0 N–H and O–H groups in total. The van der Waals surface area contributed by atoms with Gasteiger partial charge in [0, 0.05) is 13.1 Å². The van der Waals surface area contributed by atoms with Gasteiger partial charge in [0.25, 0.3) is 0 Å². The Hall–Kier alpha value is -1.05. The number of hydrogen-bond donors (Lipinski definition) is 0. The largest absolute Gasteiger partial charge is 0.306 e. The Balaban J connectivity index is 1.74. The normalized spacial score (nSPS) is 25.1. The Morgan fingerprint density at radius 2 is 1.70 bits per heavy atom.